The summed E-state index contributed by atoms with van der Waals surface area (Å²) in [6.07, 6.45) is 3.20. The summed E-state index contributed by atoms with van der Waals surface area (Å²) < 4.78 is 0. The zero-order chi connectivity index (χ0) is 18.1. The SMILES string of the molecule is CC(C)CN1C(=O)C(c2ccc(Cl)cc2Cl)=C(N2CCCCC2)C1=O. The maximum Gasteiger partial charge on any atom is 0.277 e. The van der Waals surface area contributed by atoms with E-state index in [4.69, 9.17) is 23.2 Å². The van der Waals surface area contributed by atoms with Gasteiger partial charge in [-0.1, -0.05) is 43.1 Å². The molecule has 25 heavy (non-hydrogen) atoms. The summed E-state index contributed by atoms with van der Waals surface area (Å²) in [4.78, 5) is 29.5. The van der Waals surface area contributed by atoms with Crippen LogP contribution in [0.4, 0.5) is 0 Å². The van der Waals surface area contributed by atoms with Crippen molar-refractivity contribution < 1.29 is 9.59 Å². The van der Waals surface area contributed by atoms with Crippen molar-refractivity contribution in [1.29, 1.82) is 0 Å². The topological polar surface area (TPSA) is 40.6 Å². The summed E-state index contributed by atoms with van der Waals surface area (Å²) in [6.45, 7) is 5.98. The fourth-order valence-electron chi connectivity index (χ4n) is 3.44. The molecule has 0 unspecified atom stereocenters. The maximum absolute atomic E-state index is 13.1. The highest BCUT2D eigenvalue weighted by Crippen LogP contribution is 2.37. The Bertz CT molecular complexity index is 737. The lowest BCUT2D eigenvalue weighted by Crippen LogP contribution is -2.38. The lowest BCUT2D eigenvalue weighted by atomic mass is 10.0. The Labute approximate surface area is 158 Å². The van der Waals surface area contributed by atoms with Gasteiger partial charge >= 0.3 is 0 Å². The Kier molecular flexibility index (Phi) is 5.40. The van der Waals surface area contributed by atoms with Gasteiger partial charge in [0.15, 0.2) is 0 Å². The molecule has 0 spiro atoms. The summed E-state index contributed by atoms with van der Waals surface area (Å²) in [5.74, 6) is -0.263. The Morgan fingerprint density at radius 3 is 2.32 bits per heavy atom. The second kappa shape index (κ2) is 7.38. The minimum absolute atomic E-state index is 0.204. The lowest BCUT2D eigenvalue weighted by Gasteiger charge is -2.30. The molecule has 3 rings (SSSR count). The molecule has 0 N–H and O–H groups in total. The number of rotatable bonds is 4. The maximum atomic E-state index is 13.1. The number of amides is 2. The Morgan fingerprint density at radius 2 is 1.72 bits per heavy atom. The first-order valence-electron chi connectivity index (χ1n) is 8.71. The lowest BCUT2D eigenvalue weighted by molar-refractivity contribution is -0.138. The molecular weight excluding hydrogens is 359 g/mol. The predicted octanol–water partition coefficient (Wildman–Crippen LogP) is 4.22. The summed E-state index contributed by atoms with van der Waals surface area (Å²) in [6, 6.07) is 5.04. The predicted molar refractivity (Wildman–Crippen MR) is 100 cm³/mol. The zero-order valence-electron chi connectivity index (χ0n) is 14.5. The molecule has 0 saturated carbocycles. The fraction of sp³-hybridized carbons (Fsp3) is 0.474. The second-order valence-corrected chi connectivity index (χ2v) is 7.85. The number of hydrogen-bond acceptors (Lipinski definition) is 3. The molecule has 1 fully saturated rings. The van der Waals surface area contributed by atoms with E-state index in [1.54, 1.807) is 18.2 Å². The number of nitrogens with zero attached hydrogens (tertiary/aromatic N) is 2. The van der Waals surface area contributed by atoms with E-state index in [9.17, 15) is 9.59 Å². The molecule has 0 aliphatic carbocycles. The molecule has 1 aromatic carbocycles. The van der Waals surface area contributed by atoms with Gasteiger partial charge in [-0.05, 0) is 37.3 Å². The Morgan fingerprint density at radius 1 is 1.04 bits per heavy atom. The Balaban J connectivity index is 2.10. The molecule has 134 valence electrons. The van der Waals surface area contributed by atoms with Crippen molar-refractivity contribution in [2.75, 3.05) is 19.6 Å². The summed E-state index contributed by atoms with van der Waals surface area (Å²) in [5, 5.41) is 0.897. The minimum atomic E-state index is -0.261. The van der Waals surface area contributed by atoms with E-state index < -0.39 is 0 Å². The normalized spacial score (nSPS) is 18.8. The molecule has 0 aromatic heterocycles. The van der Waals surface area contributed by atoms with Crippen LogP contribution in [0.5, 0.6) is 0 Å². The Hall–Kier alpha value is -1.52. The molecule has 2 aliphatic rings. The number of benzene rings is 1. The van der Waals surface area contributed by atoms with Crippen LogP contribution < -0.4 is 0 Å². The van der Waals surface area contributed by atoms with E-state index in [0.717, 1.165) is 32.4 Å². The molecule has 2 aliphatic heterocycles. The van der Waals surface area contributed by atoms with Gasteiger partial charge in [0.25, 0.3) is 11.8 Å². The molecule has 1 aromatic rings. The van der Waals surface area contributed by atoms with E-state index in [-0.39, 0.29) is 17.7 Å². The highest BCUT2D eigenvalue weighted by Gasteiger charge is 2.42. The van der Waals surface area contributed by atoms with Gasteiger partial charge in [0.1, 0.15) is 5.70 Å². The number of likely N-dealkylation sites (tertiary alicyclic amines) is 1. The smallest absolute Gasteiger partial charge is 0.277 e. The first-order valence-corrected chi connectivity index (χ1v) is 9.46. The van der Waals surface area contributed by atoms with Crippen molar-refractivity contribution in [2.24, 2.45) is 5.92 Å². The molecule has 4 nitrogen and oxygen atoms in total. The van der Waals surface area contributed by atoms with E-state index in [1.165, 1.54) is 4.90 Å². The highest BCUT2D eigenvalue weighted by molar-refractivity contribution is 6.41. The molecule has 1 saturated heterocycles. The molecule has 2 amide bonds. The van der Waals surface area contributed by atoms with Crippen LogP contribution in [0.1, 0.15) is 38.7 Å². The average molecular weight is 381 g/mol. The standard InChI is InChI=1S/C19H22Cl2N2O2/c1-12(2)11-23-18(24)16(14-7-6-13(20)10-15(14)21)17(19(23)25)22-8-4-3-5-9-22/h6-7,10,12H,3-5,8-9,11H2,1-2H3. The number of piperidine rings is 1. The third-order valence-corrected chi connectivity index (χ3v) is 5.11. The third-order valence-electron chi connectivity index (χ3n) is 4.56. The second-order valence-electron chi connectivity index (χ2n) is 7.01. The molecule has 2 heterocycles. The molecule has 6 heteroatoms. The van der Waals surface area contributed by atoms with Crippen LogP contribution in [0.25, 0.3) is 5.57 Å². The van der Waals surface area contributed by atoms with Gasteiger partial charge in [-0.2, -0.15) is 0 Å². The van der Waals surface area contributed by atoms with E-state index in [2.05, 4.69) is 0 Å². The average Bonchev–Trinajstić information content (AvgIpc) is 2.80. The molecule has 0 radical (unpaired) electrons. The summed E-state index contributed by atoms with van der Waals surface area (Å²) in [5.41, 5.74) is 1.49. The van der Waals surface area contributed by atoms with Gasteiger partial charge < -0.3 is 4.90 Å². The fourth-order valence-corrected chi connectivity index (χ4v) is 3.94. The quantitative estimate of drug-likeness (QED) is 0.734. The van der Waals surface area contributed by atoms with Gasteiger partial charge in [-0.15, -0.1) is 0 Å². The van der Waals surface area contributed by atoms with Crippen LogP contribution in [0.15, 0.2) is 23.9 Å². The van der Waals surface area contributed by atoms with Crippen molar-refractivity contribution in [3.63, 3.8) is 0 Å². The summed E-state index contributed by atoms with van der Waals surface area (Å²) >= 11 is 12.4. The van der Waals surface area contributed by atoms with Gasteiger partial charge in [0.2, 0.25) is 0 Å². The van der Waals surface area contributed by atoms with Crippen molar-refractivity contribution in [3.05, 3.63) is 39.5 Å². The molecule has 0 bridgehead atoms. The zero-order valence-corrected chi connectivity index (χ0v) is 16.0. The van der Waals surface area contributed by atoms with Gasteiger partial charge in [0, 0.05) is 30.2 Å². The largest absolute Gasteiger partial charge is 0.366 e. The summed E-state index contributed by atoms with van der Waals surface area (Å²) in [7, 11) is 0. The number of carbonyl (C=O) groups is 2. The van der Waals surface area contributed by atoms with E-state index >= 15 is 0 Å². The highest BCUT2D eigenvalue weighted by atomic mass is 35.5. The van der Waals surface area contributed by atoms with Crippen LogP contribution >= 0.6 is 23.2 Å². The van der Waals surface area contributed by atoms with Gasteiger partial charge in [-0.3, -0.25) is 14.5 Å². The number of halogens is 2. The van der Waals surface area contributed by atoms with E-state index in [0.29, 0.717) is 33.4 Å². The van der Waals surface area contributed by atoms with Gasteiger partial charge in [-0.25, -0.2) is 0 Å². The first-order chi connectivity index (χ1) is 11.9. The van der Waals surface area contributed by atoms with E-state index in [1.807, 2.05) is 18.7 Å². The van der Waals surface area contributed by atoms with Crippen LogP contribution in [0.2, 0.25) is 10.0 Å². The van der Waals surface area contributed by atoms with Gasteiger partial charge in [0.05, 0.1) is 10.6 Å². The third kappa shape index (κ3) is 3.56. The molecule has 0 atom stereocenters. The van der Waals surface area contributed by atoms with Crippen molar-refractivity contribution in [2.45, 2.75) is 33.1 Å². The number of carbonyl (C=O) groups excluding carboxylic acids is 2. The number of hydrogen-bond donors (Lipinski definition) is 0. The first kappa shape index (κ1) is 18.3. The van der Waals surface area contributed by atoms with Crippen molar-refractivity contribution in [3.8, 4) is 0 Å². The van der Waals surface area contributed by atoms with Crippen LogP contribution in [-0.4, -0.2) is 41.2 Å². The molecular formula is C19H22Cl2N2O2. The van der Waals surface area contributed by atoms with Crippen molar-refractivity contribution >= 4 is 40.6 Å². The number of imide groups is 1. The van der Waals surface area contributed by atoms with Crippen LogP contribution in [-0.2, 0) is 9.59 Å². The minimum Gasteiger partial charge on any atom is -0.366 e. The van der Waals surface area contributed by atoms with Crippen molar-refractivity contribution in [1.82, 2.24) is 9.80 Å². The van der Waals surface area contributed by atoms with Crippen LogP contribution in [0.3, 0.4) is 0 Å². The van der Waals surface area contributed by atoms with Crippen LogP contribution in [0, 0.1) is 5.92 Å². The monoisotopic (exact) mass is 380 g/mol.